The third-order valence-electron chi connectivity index (χ3n) is 3.94. The summed E-state index contributed by atoms with van der Waals surface area (Å²) in [6.07, 6.45) is 0. The van der Waals surface area contributed by atoms with Crippen LogP contribution in [0.25, 0.3) is 22.3 Å². The Balaban J connectivity index is 0. The van der Waals surface area contributed by atoms with E-state index in [1.165, 1.54) is 36.4 Å². The van der Waals surface area contributed by atoms with Crippen LogP contribution in [0.5, 0.6) is 0 Å². The minimum absolute atomic E-state index is 0. The Kier molecular flexibility index (Phi) is 15.3. The van der Waals surface area contributed by atoms with Crippen molar-refractivity contribution in [3.63, 3.8) is 0 Å². The molecule has 4 N–H and O–H groups in total. The first-order valence-electron chi connectivity index (χ1n) is 7.58. The molecule has 0 saturated carbocycles. The Morgan fingerprint density at radius 2 is 1.06 bits per heavy atom. The predicted molar refractivity (Wildman–Crippen MR) is 110 cm³/mol. The molecular formula is C18H17K2O8PS2. The van der Waals surface area contributed by atoms with Crippen LogP contribution in [0.15, 0.2) is 76.5 Å². The smallest absolute Gasteiger partial charge is 0.744 e. The predicted octanol–water partition coefficient (Wildman–Crippen LogP) is -5.31. The summed E-state index contributed by atoms with van der Waals surface area (Å²) in [7, 11) is -6.73. The van der Waals surface area contributed by atoms with Crippen LogP contribution < -0.4 is 108 Å². The van der Waals surface area contributed by atoms with Gasteiger partial charge in [0.2, 0.25) is 0 Å². The summed E-state index contributed by atoms with van der Waals surface area (Å²) in [6, 6.07) is 16.4. The summed E-state index contributed by atoms with van der Waals surface area (Å²) in [6.45, 7) is 0. The van der Waals surface area contributed by atoms with Crippen molar-refractivity contribution < 1.29 is 140 Å². The molecule has 0 aliphatic carbocycles. The summed E-state index contributed by atoms with van der Waals surface area (Å²) in [4.78, 5) is -0.730. The second kappa shape index (κ2) is 13.9. The van der Waals surface area contributed by atoms with Crippen molar-refractivity contribution >= 4 is 34.8 Å². The molecule has 0 aliphatic rings. The van der Waals surface area contributed by atoms with Gasteiger partial charge in [-0.25, -0.2) is 16.8 Å². The maximum atomic E-state index is 11.3. The van der Waals surface area contributed by atoms with Gasteiger partial charge in [0, 0.05) is 0 Å². The number of hydrogen-bond donors (Lipinski definition) is 0. The first kappa shape index (κ1) is 34.3. The van der Waals surface area contributed by atoms with Crippen LogP contribution in [0.3, 0.4) is 0 Å². The Bertz CT molecular complexity index is 1250. The van der Waals surface area contributed by atoms with Crippen molar-refractivity contribution in [1.29, 1.82) is 0 Å². The minimum Gasteiger partial charge on any atom is -0.744 e. The number of hydrogen-bond acceptors (Lipinski definition) is 6. The average Bonchev–Trinajstić information content (AvgIpc) is 2.60. The third kappa shape index (κ3) is 8.68. The van der Waals surface area contributed by atoms with E-state index in [-0.39, 0.29) is 124 Å². The van der Waals surface area contributed by atoms with E-state index in [0.29, 0.717) is 27.6 Å². The molecule has 0 spiro atoms. The summed E-state index contributed by atoms with van der Waals surface area (Å²) in [5.74, 6) is 0. The Morgan fingerprint density at radius 3 is 1.55 bits per heavy atom. The fraction of sp³-hybridized carbons (Fsp3) is 0. The molecule has 13 heteroatoms. The van der Waals surface area contributed by atoms with E-state index in [9.17, 15) is 25.9 Å². The van der Waals surface area contributed by atoms with Crippen LogP contribution in [-0.4, -0.2) is 36.9 Å². The fourth-order valence-electron chi connectivity index (χ4n) is 2.76. The third-order valence-corrected chi connectivity index (χ3v) is 6.09. The van der Waals surface area contributed by atoms with E-state index in [0.717, 1.165) is 0 Å². The van der Waals surface area contributed by atoms with Gasteiger partial charge in [-0.2, -0.15) is 0 Å². The van der Waals surface area contributed by atoms with E-state index < -0.39 is 20.2 Å². The molecule has 8 nitrogen and oxygen atoms in total. The molecule has 1 unspecified atom stereocenters. The SMILES string of the molecule is O.O.O=S(=O)([O-])c1cccc(-c2cccc(P)c2-c2cccc(S(=O)(=O)[O-])c2)c1.[K+].[K+]. The number of benzene rings is 3. The molecule has 0 bridgehead atoms. The molecule has 3 aromatic carbocycles. The minimum atomic E-state index is -4.63. The number of rotatable bonds is 4. The molecule has 0 fully saturated rings. The van der Waals surface area contributed by atoms with Crippen molar-refractivity contribution in [2.24, 2.45) is 0 Å². The standard InChI is InChI=1S/C18H15O6PS2.2K.2H2O/c19-26(20,21)14-6-1-4-12(10-14)16-8-3-9-17(25)18(16)13-5-2-7-15(11-13)27(22,23)24;;;;/h1-11H,25H2,(H,19,20,21)(H,22,23,24);;;2*1H2/q;2*+1;;/p-2. The van der Waals surface area contributed by atoms with Crippen molar-refractivity contribution in [3.05, 3.63) is 66.7 Å². The largest absolute Gasteiger partial charge is 1.00 e. The summed E-state index contributed by atoms with van der Waals surface area (Å²) in [5.41, 5.74) is 2.14. The van der Waals surface area contributed by atoms with Gasteiger partial charge in [-0.15, -0.1) is 9.24 Å². The van der Waals surface area contributed by atoms with Crippen LogP contribution in [-0.2, 0) is 20.2 Å². The zero-order chi connectivity index (χ0) is 19.8. The molecule has 0 saturated heterocycles. The van der Waals surface area contributed by atoms with Crippen LogP contribution in [0.1, 0.15) is 0 Å². The van der Waals surface area contributed by atoms with E-state index in [1.807, 2.05) is 0 Å². The zero-order valence-electron chi connectivity index (χ0n) is 16.7. The zero-order valence-corrected chi connectivity index (χ0v) is 25.7. The summed E-state index contributed by atoms with van der Waals surface area (Å²) >= 11 is 0. The Labute approximate surface area is 268 Å². The van der Waals surface area contributed by atoms with Gasteiger partial charge in [-0.3, -0.25) is 0 Å². The van der Waals surface area contributed by atoms with Crippen molar-refractivity contribution in [1.82, 2.24) is 0 Å². The fourth-order valence-corrected chi connectivity index (χ4v) is 4.23. The van der Waals surface area contributed by atoms with E-state index >= 15 is 0 Å². The first-order valence-corrected chi connectivity index (χ1v) is 11.0. The van der Waals surface area contributed by atoms with Crippen LogP contribution in [0.2, 0.25) is 0 Å². The summed E-state index contributed by atoms with van der Waals surface area (Å²) < 4.78 is 68.0. The molecule has 3 rings (SSSR count). The monoisotopic (exact) mass is 534 g/mol. The molecule has 31 heavy (non-hydrogen) atoms. The maximum absolute atomic E-state index is 11.3. The average molecular weight is 535 g/mol. The van der Waals surface area contributed by atoms with Crippen LogP contribution in [0.4, 0.5) is 0 Å². The van der Waals surface area contributed by atoms with Gasteiger partial charge in [0.05, 0.1) is 9.79 Å². The van der Waals surface area contributed by atoms with Gasteiger partial charge >= 0.3 is 103 Å². The summed E-state index contributed by atoms with van der Waals surface area (Å²) in [5, 5.41) is 0.711. The van der Waals surface area contributed by atoms with Gasteiger partial charge in [0.15, 0.2) is 0 Å². The molecule has 0 aliphatic heterocycles. The van der Waals surface area contributed by atoms with Gasteiger partial charge in [0.25, 0.3) is 0 Å². The van der Waals surface area contributed by atoms with E-state index in [2.05, 4.69) is 9.24 Å². The van der Waals surface area contributed by atoms with Crippen molar-refractivity contribution in [2.45, 2.75) is 9.79 Å². The normalized spacial score (nSPS) is 10.5. The van der Waals surface area contributed by atoms with E-state index in [4.69, 9.17) is 0 Å². The molecule has 0 heterocycles. The van der Waals surface area contributed by atoms with Gasteiger partial charge in [0.1, 0.15) is 20.2 Å². The van der Waals surface area contributed by atoms with E-state index in [1.54, 1.807) is 30.3 Å². The quantitative estimate of drug-likeness (QED) is 0.183. The molecular weight excluding hydrogens is 517 g/mol. The molecule has 156 valence electrons. The van der Waals surface area contributed by atoms with Gasteiger partial charge in [-0.05, 0) is 51.8 Å². The van der Waals surface area contributed by atoms with Crippen LogP contribution in [0, 0.1) is 0 Å². The molecule has 0 radical (unpaired) electrons. The van der Waals surface area contributed by atoms with Crippen LogP contribution >= 0.6 is 9.24 Å². The molecule has 0 amide bonds. The maximum Gasteiger partial charge on any atom is 1.00 e. The molecule has 0 aromatic heterocycles. The second-order valence-corrected chi connectivity index (χ2v) is 9.12. The Morgan fingerprint density at radius 1 is 0.645 bits per heavy atom. The topological polar surface area (TPSA) is 177 Å². The molecule has 3 aromatic rings. The Hall–Kier alpha value is 1.10. The first-order chi connectivity index (χ1) is 12.6. The van der Waals surface area contributed by atoms with Crippen molar-refractivity contribution in [3.8, 4) is 22.3 Å². The second-order valence-electron chi connectivity index (χ2n) is 5.73. The van der Waals surface area contributed by atoms with Crippen molar-refractivity contribution in [2.75, 3.05) is 0 Å². The van der Waals surface area contributed by atoms with Gasteiger partial charge < -0.3 is 20.1 Å². The van der Waals surface area contributed by atoms with Gasteiger partial charge in [-0.1, -0.05) is 42.5 Å². The molecule has 1 atom stereocenters.